The molecular formula is C26H38N2O. The summed E-state index contributed by atoms with van der Waals surface area (Å²) in [6.07, 6.45) is 9.38. The first-order chi connectivity index (χ1) is 13.7. The van der Waals surface area contributed by atoms with Gasteiger partial charge in [0.2, 0.25) is 5.91 Å². The van der Waals surface area contributed by atoms with E-state index in [-0.39, 0.29) is 10.8 Å². The van der Waals surface area contributed by atoms with Gasteiger partial charge in [0.25, 0.3) is 0 Å². The van der Waals surface area contributed by atoms with Crippen molar-refractivity contribution in [2.75, 3.05) is 19.6 Å². The number of carbonyl (C=O) groups is 1. The summed E-state index contributed by atoms with van der Waals surface area (Å²) in [7, 11) is 0. The molecule has 3 nitrogen and oxygen atoms in total. The van der Waals surface area contributed by atoms with Crippen LogP contribution in [0.3, 0.4) is 0 Å². The minimum Gasteiger partial charge on any atom is -0.342 e. The van der Waals surface area contributed by atoms with Crippen LogP contribution >= 0.6 is 0 Å². The van der Waals surface area contributed by atoms with Gasteiger partial charge in [-0.15, -0.1) is 0 Å². The maximum Gasteiger partial charge on any atom is 0.228 e. The largest absolute Gasteiger partial charge is 0.342 e. The number of hydrogen-bond acceptors (Lipinski definition) is 2. The van der Waals surface area contributed by atoms with Crippen LogP contribution in [0.1, 0.15) is 77.7 Å². The van der Waals surface area contributed by atoms with Gasteiger partial charge in [-0.05, 0) is 80.2 Å². The van der Waals surface area contributed by atoms with E-state index in [0.717, 1.165) is 45.3 Å². The lowest BCUT2D eigenvalue weighted by Gasteiger charge is -2.58. The molecular weight excluding hydrogens is 356 g/mol. The molecule has 3 unspecified atom stereocenters. The van der Waals surface area contributed by atoms with Gasteiger partial charge >= 0.3 is 0 Å². The summed E-state index contributed by atoms with van der Waals surface area (Å²) >= 11 is 0. The molecule has 2 bridgehead atoms. The fourth-order valence-corrected chi connectivity index (χ4v) is 7.90. The molecule has 0 aromatic heterocycles. The van der Waals surface area contributed by atoms with Crippen molar-refractivity contribution < 1.29 is 4.79 Å². The smallest absolute Gasteiger partial charge is 0.228 e. The highest BCUT2D eigenvalue weighted by Gasteiger charge is 2.56. The molecule has 1 aromatic carbocycles. The quantitative estimate of drug-likeness (QED) is 0.773. The van der Waals surface area contributed by atoms with Gasteiger partial charge < -0.3 is 10.2 Å². The zero-order chi connectivity index (χ0) is 20.3. The predicted octanol–water partition coefficient (Wildman–Crippen LogP) is 4.91. The van der Waals surface area contributed by atoms with Crippen molar-refractivity contribution in [1.82, 2.24) is 10.2 Å². The van der Waals surface area contributed by atoms with Crippen molar-refractivity contribution in [3.63, 3.8) is 0 Å². The van der Waals surface area contributed by atoms with Gasteiger partial charge in [-0.25, -0.2) is 0 Å². The van der Waals surface area contributed by atoms with Crippen molar-refractivity contribution in [2.24, 2.45) is 16.7 Å². The van der Waals surface area contributed by atoms with Crippen LogP contribution in [-0.4, -0.2) is 36.0 Å². The second kappa shape index (κ2) is 6.57. The van der Waals surface area contributed by atoms with Crippen molar-refractivity contribution >= 4 is 5.91 Å². The van der Waals surface area contributed by atoms with E-state index >= 15 is 0 Å². The lowest BCUT2D eigenvalue weighted by molar-refractivity contribution is -0.151. The molecule has 4 fully saturated rings. The molecule has 3 atom stereocenters. The Morgan fingerprint density at radius 3 is 2.28 bits per heavy atom. The van der Waals surface area contributed by atoms with Crippen LogP contribution in [0.4, 0.5) is 0 Å². The number of likely N-dealkylation sites (tertiary alicyclic amines) is 1. The SMILES string of the molecule is CC1(C)CC2CC(C)(C(=O)N3CCC4(CCN4)CC3)CC(c3ccccc3)(C2)C1. The van der Waals surface area contributed by atoms with Crippen molar-refractivity contribution in [3.05, 3.63) is 35.9 Å². The molecule has 2 heterocycles. The number of rotatable bonds is 2. The second-order valence-corrected chi connectivity index (χ2v) is 12.0. The zero-order valence-electron chi connectivity index (χ0n) is 18.6. The summed E-state index contributed by atoms with van der Waals surface area (Å²) < 4.78 is 0. The number of fused-ring (bicyclic) bond motifs is 2. The topological polar surface area (TPSA) is 32.3 Å². The molecule has 3 heteroatoms. The number of hydrogen-bond donors (Lipinski definition) is 1. The molecule has 2 saturated carbocycles. The van der Waals surface area contributed by atoms with Gasteiger partial charge in [-0.1, -0.05) is 51.1 Å². The predicted molar refractivity (Wildman–Crippen MR) is 118 cm³/mol. The third kappa shape index (κ3) is 3.34. The van der Waals surface area contributed by atoms with Crippen molar-refractivity contribution in [3.8, 4) is 0 Å². The molecule has 1 aromatic rings. The maximum atomic E-state index is 13.9. The Hall–Kier alpha value is -1.35. The lowest BCUT2D eigenvalue weighted by Crippen LogP contribution is -2.63. The first kappa shape index (κ1) is 19.6. The molecule has 2 saturated heterocycles. The Morgan fingerprint density at radius 1 is 0.966 bits per heavy atom. The van der Waals surface area contributed by atoms with Gasteiger partial charge in [0.05, 0.1) is 0 Å². The summed E-state index contributed by atoms with van der Waals surface area (Å²) in [6, 6.07) is 11.1. The van der Waals surface area contributed by atoms with E-state index in [4.69, 9.17) is 0 Å². The minimum atomic E-state index is -0.215. The molecule has 1 spiro atoms. The van der Waals surface area contributed by atoms with Crippen LogP contribution in [0.5, 0.6) is 0 Å². The van der Waals surface area contributed by atoms with E-state index in [1.54, 1.807) is 0 Å². The first-order valence-corrected chi connectivity index (χ1v) is 11.8. The van der Waals surface area contributed by atoms with Gasteiger partial charge in [0.1, 0.15) is 0 Å². The maximum absolute atomic E-state index is 13.9. The number of nitrogens with one attached hydrogen (secondary N) is 1. The van der Waals surface area contributed by atoms with E-state index in [9.17, 15) is 4.79 Å². The van der Waals surface area contributed by atoms with Gasteiger partial charge in [0.15, 0.2) is 0 Å². The number of amides is 1. The molecule has 0 radical (unpaired) electrons. The molecule has 2 aliphatic heterocycles. The fraction of sp³-hybridized carbons (Fsp3) is 0.731. The van der Waals surface area contributed by atoms with E-state index in [2.05, 4.69) is 61.3 Å². The fourth-order valence-electron chi connectivity index (χ4n) is 7.90. The van der Waals surface area contributed by atoms with Crippen LogP contribution in [0, 0.1) is 16.7 Å². The molecule has 158 valence electrons. The Morgan fingerprint density at radius 2 is 1.66 bits per heavy atom. The van der Waals surface area contributed by atoms with E-state index in [0.29, 0.717) is 22.8 Å². The summed E-state index contributed by atoms with van der Waals surface area (Å²) in [4.78, 5) is 16.1. The summed E-state index contributed by atoms with van der Waals surface area (Å²) in [6.45, 7) is 10.2. The third-order valence-corrected chi connectivity index (χ3v) is 8.82. The van der Waals surface area contributed by atoms with Gasteiger partial charge in [-0.2, -0.15) is 0 Å². The van der Waals surface area contributed by atoms with E-state index in [1.165, 1.54) is 31.2 Å². The molecule has 29 heavy (non-hydrogen) atoms. The molecule has 1 N–H and O–H groups in total. The summed E-state index contributed by atoms with van der Waals surface area (Å²) in [5.41, 5.74) is 2.12. The van der Waals surface area contributed by atoms with Crippen LogP contribution in [0.15, 0.2) is 30.3 Å². The van der Waals surface area contributed by atoms with E-state index < -0.39 is 0 Å². The number of benzene rings is 1. The van der Waals surface area contributed by atoms with Crippen LogP contribution < -0.4 is 5.32 Å². The highest BCUT2D eigenvalue weighted by atomic mass is 16.2. The minimum absolute atomic E-state index is 0.156. The standard InChI is InChI=1S/C26H38N2O/c1-23(2)15-20-16-24(3,19-25(17-20,18-23)21-7-5-4-6-8-21)22(29)28-13-10-26(11-14-28)9-12-27-26/h4-8,20,27H,9-19H2,1-3H3. The second-order valence-electron chi connectivity index (χ2n) is 12.0. The lowest BCUT2D eigenvalue weighted by atomic mass is 9.47. The number of piperidine rings is 1. The van der Waals surface area contributed by atoms with Crippen LogP contribution in [0.2, 0.25) is 0 Å². The zero-order valence-corrected chi connectivity index (χ0v) is 18.6. The van der Waals surface area contributed by atoms with Crippen molar-refractivity contribution in [1.29, 1.82) is 0 Å². The third-order valence-electron chi connectivity index (χ3n) is 8.82. The van der Waals surface area contributed by atoms with Gasteiger partial charge in [0, 0.05) is 24.0 Å². The van der Waals surface area contributed by atoms with Crippen molar-refractivity contribution in [2.45, 2.75) is 83.1 Å². The molecule has 1 amide bonds. The highest BCUT2D eigenvalue weighted by molar-refractivity contribution is 5.83. The summed E-state index contributed by atoms with van der Waals surface area (Å²) in [5.74, 6) is 1.10. The summed E-state index contributed by atoms with van der Waals surface area (Å²) in [5, 5.41) is 3.64. The number of carbonyl (C=O) groups excluding carboxylic acids is 1. The highest BCUT2D eigenvalue weighted by Crippen LogP contribution is 2.61. The molecule has 4 aliphatic rings. The van der Waals surface area contributed by atoms with Crippen LogP contribution in [-0.2, 0) is 10.2 Å². The Balaban J connectivity index is 1.41. The first-order valence-electron chi connectivity index (χ1n) is 11.8. The molecule has 2 aliphatic carbocycles. The van der Waals surface area contributed by atoms with E-state index in [1.807, 2.05) is 0 Å². The normalized spacial score (nSPS) is 37.8. The Bertz CT molecular complexity index is 773. The Kier molecular flexibility index (Phi) is 4.44. The Labute approximate surface area is 176 Å². The van der Waals surface area contributed by atoms with Gasteiger partial charge in [-0.3, -0.25) is 4.79 Å². The number of nitrogens with zero attached hydrogens (tertiary/aromatic N) is 1. The molecule has 5 rings (SSSR count). The average molecular weight is 395 g/mol. The average Bonchev–Trinajstić information content (AvgIpc) is 2.65. The monoisotopic (exact) mass is 394 g/mol. The van der Waals surface area contributed by atoms with Crippen LogP contribution in [0.25, 0.3) is 0 Å².